The van der Waals surface area contributed by atoms with Gasteiger partial charge in [0.2, 0.25) is 0 Å². The van der Waals surface area contributed by atoms with Crippen LogP contribution in [0.4, 0.5) is 5.69 Å². The van der Waals surface area contributed by atoms with Crippen LogP contribution in [0.15, 0.2) is 42.5 Å². The topological polar surface area (TPSA) is 67.4 Å². The van der Waals surface area contributed by atoms with Gasteiger partial charge in [0.15, 0.2) is 6.61 Å². The molecule has 6 heteroatoms. The molecular weight excluding hydrogens is 304 g/mol. The molecule has 0 aromatic heterocycles. The maximum atomic E-state index is 12.1. The van der Waals surface area contributed by atoms with E-state index in [0.717, 1.165) is 5.56 Å². The highest BCUT2D eigenvalue weighted by Gasteiger charge is 2.16. The second-order valence-electron chi connectivity index (χ2n) is 4.83. The van der Waals surface area contributed by atoms with Gasteiger partial charge in [0.25, 0.3) is 11.8 Å². The molecule has 0 bridgehead atoms. The Kier molecular flexibility index (Phi) is 3.98. The predicted molar refractivity (Wildman–Crippen MR) is 83.2 cm³/mol. The SMILES string of the molecule is O=C1COc2cc(CNC(=O)c3ccccc3Cl)ccc2N1. The summed E-state index contributed by atoms with van der Waals surface area (Å²) in [6, 6.07) is 12.2. The van der Waals surface area contributed by atoms with Crippen LogP contribution in [-0.2, 0) is 11.3 Å². The van der Waals surface area contributed by atoms with Crippen molar-refractivity contribution in [2.45, 2.75) is 6.54 Å². The van der Waals surface area contributed by atoms with Crippen LogP contribution in [-0.4, -0.2) is 18.4 Å². The van der Waals surface area contributed by atoms with Crippen LogP contribution in [0.3, 0.4) is 0 Å². The number of anilines is 1. The number of fused-ring (bicyclic) bond motifs is 1. The van der Waals surface area contributed by atoms with Crippen LogP contribution in [0.2, 0.25) is 5.02 Å². The summed E-state index contributed by atoms with van der Waals surface area (Å²) in [7, 11) is 0. The first kappa shape index (κ1) is 14.4. The van der Waals surface area contributed by atoms with E-state index < -0.39 is 0 Å². The Morgan fingerprint density at radius 2 is 2.09 bits per heavy atom. The van der Waals surface area contributed by atoms with Gasteiger partial charge < -0.3 is 15.4 Å². The molecule has 0 saturated carbocycles. The van der Waals surface area contributed by atoms with Gasteiger partial charge in [0, 0.05) is 6.54 Å². The fourth-order valence-electron chi connectivity index (χ4n) is 2.15. The van der Waals surface area contributed by atoms with Crippen LogP contribution >= 0.6 is 11.6 Å². The van der Waals surface area contributed by atoms with E-state index in [1.165, 1.54) is 0 Å². The molecule has 0 saturated heterocycles. The van der Waals surface area contributed by atoms with Gasteiger partial charge in [0.1, 0.15) is 5.75 Å². The number of carbonyl (C=O) groups is 2. The van der Waals surface area contributed by atoms with E-state index in [9.17, 15) is 9.59 Å². The Morgan fingerprint density at radius 3 is 2.91 bits per heavy atom. The second kappa shape index (κ2) is 6.07. The van der Waals surface area contributed by atoms with Crippen LogP contribution in [0.1, 0.15) is 15.9 Å². The van der Waals surface area contributed by atoms with E-state index in [4.69, 9.17) is 16.3 Å². The molecule has 0 atom stereocenters. The molecule has 1 aliphatic rings. The zero-order valence-electron chi connectivity index (χ0n) is 11.6. The first-order valence-electron chi connectivity index (χ1n) is 6.72. The molecule has 112 valence electrons. The normalized spacial score (nSPS) is 12.9. The summed E-state index contributed by atoms with van der Waals surface area (Å²) in [6.07, 6.45) is 0. The standard InChI is InChI=1S/C16H13ClN2O3/c17-12-4-2-1-3-11(12)16(21)18-8-10-5-6-13-14(7-10)22-9-15(20)19-13/h1-7H,8-9H2,(H,18,21)(H,19,20). The van der Waals surface area contributed by atoms with Crippen molar-refractivity contribution in [1.82, 2.24) is 5.32 Å². The van der Waals surface area contributed by atoms with Crippen molar-refractivity contribution in [1.29, 1.82) is 0 Å². The Balaban J connectivity index is 1.68. The van der Waals surface area contributed by atoms with Gasteiger partial charge in [-0.05, 0) is 29.8 Å². The monoisotopic (exact) mass is 316 g/mol. The number of amides is 2. The van der Waals surface area contributed by atoms with Crippen molar-refractivity contribution in [3.63, 3.8) is 0 Å². The molecule has 5 nitrogen and oxygen atoms in total. The third-order valence-electron chi connectivity index (χ3n) is 3.25. The molecule has 2 aromatic carbocycles. The van der Waals surface area contributed by atoms with E-state index in [1.54, 1.807) is 36.4 Å². The van der Waals surface area contributed by atoms with Gasteiger partial charge >= 0.3 is 0 Å². The lowest BCUT2D eigenvalue weighted by atomic mass is 10.1. The zero-order valence-corrected chi connectivity index (χ0v) is 12.3. The number of rotatable bonds is 3. The van der Waals surface area contributed by atoms with E-state index in [1.807, 2.05) is 6.07 Å². The summed E-state index contributed by atoms with van der Waals surface area (Å²) in [5, 5.41) is 5.94. The third-order valence-corrected chi connectivity index (χ3v) is 3.58. The average Bonchev–Trinajstić information content (AvgIpc) is 2.53. The molecular formula is C16H13ClN2O3. The lowest BCUT2D eigenvalue weighted by Gasteiger charge is -2.18. The van der Waals surface area contributed by atoms with Crippen molar-refractivity contribution in [2.24, 2.45) is 0 Å². The van der Waals surface area contributed by atoms with E-state index in [0.29, 0.717) is 28.6 Å². The second-order valence-corrected chi connectivity index (χ2v) is 5.24. The lowest BCUT2D eigenvalue weighted by Crippen LogP contribution is -2.26. The quantitative estimate of drug-likeness (QED) is 0.914. The van der Waals surface area contributed by atoms with Crippen LogP contribution in [0, 0.1) is 0 Å². The minimum Gasteiger partial charge on any atom is -0.482 e. The molecule has 1 heterocycles. The lowest BCUT2D eigenvalue weighted by molar-refractivity contribution is -0.118. The largest absolute Gasteiger partial charge is 0.482 e. The van der Waals surface area contributed by atoms with Gasteiger partial charge in [-0.15, -0.1) is 0 Å². The summed E-state index contributed by atoms with van der Waals surface area (Å²) in [4.78, 5) is 23.3. The summed E-state index contributed by atoms with van der Waals surface area (Å²) in [6.45, 7) is 0.344. The smallest absolute Gasteiger partial charge is 0.262 e. The predicted octanol–water partition coefficient (Wildman–Crippen LogP) is 2.60. The van der Waals surface area contributed by atoms with E-state index >= 15 is 0 Å². The Bertz CT molecular complexity index is 746. The molecule has 22 heavy (non-hydrogen) atoms. The van der Waals surface area contributed by atoms with Crippen LogP contribution < -0.4 is 15.4 Å². The van der Waals surface area contributed by atoms with Crippen molar-refractivity contribution in [3.8, 4) is 5.75 Å². The molecule has 0 spiro atoms. The number of carbonyl (C=O) groups excluding carboxylic acids is 2. The Hall–Kier alpha value is -2.53. The maximum absolute atomic E-state index is 12.1. The van der Waals surface area contributed by atoms with Gasteiger partial charge in [-0.1, -0.05) is 29.8 Å². The summed E-state index contributed by atoms with van der Waals surface area (Å²) in [5.74, 6) is 0.189. The van der Waals surface area contributed by atoms with Gasteiger partial charge in [-0.3, -0.25) is 9.59 Å². The molecule has 1 aliphatic heterocycles. The Labute approximate surface area is 132 Å². The first-order chi connectivity index (χ1) is 10.6. The van der Waals surface area contributed by atoms with Crippen molar-refractivity contribution < 1.29 is 14.3 Å². The van der Waals surface area contributed by atoms with Crippen LogP contribution in [0.5, 0.6) is 5.75 Å². The van der Waals surface area contributed by atoms with E-state index in [-0.39, 0.29) is 18.4 Å². The fraction of sp³-hybridized carbons (Fsp3) is 0.125. The maximum Gasteiger partial charge on any atom is 0.262 e. The van der Waals surface area contributed by atoms with Gasteiger partial charge in [0.05, 0.1) is 16.3 Å². The Morgan fingerprint density at radius 1 is 1.27 bits per heavy atom. The molecule has 0 aliphatic carbocycles. The minimum absolute atomic E-state index is 0.00242. The third kappa shape index (κ3) is 3.04. The molecule has 0 fully saturated rings. The fourth-order valence-corrected chi connectivity index (χ4v) is 2.37. The zero-order chi connectivity index (χ0) is 15.5. The van der Waals surface area contributed by atoms with Gasteiger partial charge in [-0.25, -0.2) is 0 Å². The summed E-state index contributed by atoms with van der Waals surface area (Å²) in [5.41, 5.74) is 1.94. The highest BCUT2D eigenvalue weighted by atomic mass is 35.5. The number of halogens is 1. The number of hydrogen-bond acceptors (Lipinski definition) is 3. The van der Waals surface area contributed by atoms with Crippen molar-refractivity contribution in [3.05, 3.63) is 58.6 Å². The summed E-state index contributed by atoms with van der Waals surface area (Å²) >= 11 is 5.99. The minimum atomic E-state index is -0.238. The van der Waals surface area contributed by atoms with Gasteiger partial charge in [-0.2, -0.15) is 0 Å². The molecule has 2 amide bonds. The molecule has 2 N–H and O–H groups in total. The highest BCUT2D eigenvalue weighted by Crippen LogP contribution is 2.28. The molecule has 3 rings (SSSR count). The number of ether oxygens (including phenoxy) is 1. The highest BCUT2D eigenvalue weighted by molar-refractivity contribution is 6.33. The van der Waals surface area contributed by atoms with Crippen molar-refractivity contribution in [2.75, 3.05) is 11.9 Å². The number of nitrogens with one attached hydrogen (secondary N) is 2. The first-order valence-corrected chi connectivity index (χ1v) is 7.09. The van der Waals surface area contributed by atoms with Crippen LogP contribution in [0.25, 0.3) is 0 Å². The average molecular weight is 317 g/mol. The van der Waals surface area contributed by atoms with Crippen molar-refractivity contribution >= 4 is 29.1 Å². The molecule has 2 aromatic rings. The number of benzene rings is 2. The summed E-state index contributed by atoms with van der Waals surface area (Å²) < 4.78 is 5.34. The molecule has 0 unspecified atom stereocenters. The molecule has 0 radical (unpaired) electrons. The van der Waals surface area contributed by atoms with E-state index in [2.05, 4.69) is 10.6 Å². The number of hydrogen-bond donors (Lipinski definition) is 2.